The number of carbonyl (C=O) groups is 2. The summed E-state index contributed by atoms with van der Waals surface area (Å²) in [4.78, 5) is 24.4. The van der Waals surface area contributed by atoms with E-state index >= 15 is 0 Å². The Morgan fingerprint density at radius 1 is 1.16 bits per heavy atom. The van der Waals surface area contributed by atoms with Crippen LogP contribution in [-0.2, 0) is 16.1 Å². The monoisotopic (exact) mass is 340 g/mol. The summed E-state index contributed by atoms with van der Waals surface area (Å²) in [7, 11) is 0. The van der Waals surface area contributed by atoms with Gasteiger partial charge in [0.2, 0.25) is 11.8 Å². The topological polar surface area (TPSA) is 78.9 Å². The Morgan fingerprint density at radius 2 is 1.76 bits per heavy atom. The maximum atomic E-state index is 11.7. The van der Waals surface area contributed by atoms with E-state index in [4.69, 9.17) is 4.74 Å². The Balaban J connectivity index is 1.59. The van der Waals surface area contributed by atoms with Gasteiger partial charge >= 0.3 is 0 Å². The zero-order chi connectivity index (χ0) is 17.8. The van der Waals surface area contributed by atoms with Crippen LogP contribution in [-0.4, -0.2) is 34.5 Å². The molecular weight excluding hydrogens is 320 g/mol. The minimum absolute atomic E-state index is 0.0212. The highest BCUT2D eigenvalue weighted by atomic mass is 16.5. The summed E-state index contributed by atoms with van der Waals surface area (Å²) in [5, 5.41) is 12.2. The normalized spacial score (nSPS) is 16.8. The second-order valence-electron chi connectivity index (χ2n) is 6.08. The highest BCUT2D eigenvalue weighted by Crippen LogP contribution is 2.24. The van der Waals surface area contributed by atoms with Crippen LogP contribution in [0.1, 0.15) is 18.9 Å². The minimum Gasteiger partial charge on any atom is -0.457 e. The van der Waals surface area contributed by atoms with E-state index in [9.17, 15) is 14.7 Å². The summed E-state index contributed by atoms with van der Waals surface area (Å²) in [5.41, 5.74) is 1.70. The van der Waals surface area contributed by atoms with Gasteiger partial charge in [0.15, 0.2) is 0 Å². The molecule has 3 rings (SSSR count). The standard InChI is InChI=1S/C19H20N2O4/c1-13(22)20-15-4-8-18(9-5-15)25-17-6-2-14(3-7-17)11-21-12-16(23)10-19(21)24/h2-9,16,23H,10-12H2,1H3,(H,20,22). The zero-order valence-corrected chi connectivity index (χ0v) is 13.9. The van der Waals surface area contributed by atoms with E-state index in [0.29, 0.717) is 30.3 Å². The molecule has 2 aromatic carbocycles. The van der Waals surface area contributed by atoms with Crippen molar-refractivity contribution in [3.05, 3.63) is 54.1 Å². The van der Waals surface area contributed by atoms with Gasteiger partial charge in [-0.15, -0.1) is 0 Å². The molecule has 0 aliphatic carbocycles. The molecule has 2 amide bonds. The predicted octanol–water partition coefficient (Wildman–Crippen LogP) is 2.53. The Bertz CT molecular complexity index is 756. The molecule has 0 aromatic heterocycles. The van der Waals surface area contributed by atoms with Gasteiger partial charge in [-0.05, 0) is 42.0 Å². The molecule has 0 bridgehead atoms. The van der Waals surface area contributed by atoms with E-state index < -0.39 is 6.10 Å². The smallest absolute Gasteiger partial charge is 0.225 e. The van der Waals surface area contributed by atoms with Gasteiger partial charge in [-0.2, -0.15) is 0 Å². The van der Waals surface area contributed by atoms with Gasteiger partial charge < -0.3 is 20.1 Å². The first kappa shape index (κ1) is 17.0. The minimum atomic E-state index is -0.560. The predicted molar refractivity (Wildman–Crippen MR) is 93.3 cm³/mol. The number of aliphatic hydroxyl groups excluding tert-OH is 1. The molecule has 1 aliphatic heterocycles. The largest absolute Gasteiger partial charge is 0.457 e. The number of rotatable bonds is 5. The molecule has 2 N–H and O–H groups in total. The van der Waals surface area contributed by atoms with E-state index in [1.165, 1.54) is 6.92 Å². The van der Waals surface area contributed by atoms with Gasteiger partial charge in [0, 0.05) is 25.7 Å². The molecule has 0 radical (unpaired) electrons. The Hall–Kier alpha value is -2.86. The number of anilines is 1. The fraction of sp³-hybridized carbons (Fsp3) is 0.263. The first-order chi connectivity index (χ1) is 12.0. The molecule has 0 spiro atoms. The summed E-state index contributed by atoms with van der Waals surface area (Å²) in [6, 6.07) is 14.6. The first-order valence-corrected chi connectivity index (χ1v) is 8.10. The van der Waals surface area contributed by atoms with Crippen LogP contribution in [0.3, 0.4) is 0 Å². The number of hydrogen-bond acceptors (Lipinski definition) is 4. The van der Waals surface area contributed by atoms with Crippen LogP contribution in [0.4, 0.5) is 5.69 Å². The molecule has 1 heterocycles. The van der Waals surface area contributed by atoms with E-state index in [2.05, 4.69) is 5.32 Å². The lowest BCUT2D eigenvalue weighted by molar-refractivity contribution is -0.128. The Labute approximate surface area is 146 Å². The molecule has 1 saturated heterocycles. The van der Waals surface area contributed by atoms with Gasteiger partial charge in [-0.25, -0.2) is 0 Å². The van der Waals surface area contributed by atoms with Gasteiger partial charge in [-0.3, -0.25) is 9.59 Å². The average Bonchev–Trinajstić information content (AvgIpc) is 2.88. The summed E-state index contributed by atoms with van der Waals surface area (Å²) in [6.45, 7) is 2.34. The van der Waals surface area contributed by atoms with Crippen molar-refractivity contribution in [3.63, 3.8) is 0 Å². The highest BCUT2D eigenvalue weighted by molar-refractivity contribution is 5.88. The number of nitrogens with zero attached hydrogens (tertiary/aromatic N) is 1. The second-order valence-corrected chi connectivity index (χ2v) is 6.08. The summed E-state index contributed by atoms with van der Waals surface area (Å²) >= 11 is 0. The van der Waals surface area contributed by atoms with Crippen molar-refractivity contribution < 1.29 is 19.4 Å². The van der Waals surface area contributed by atoms with Crippen LogP contribution in [0.15, 0.2) is 48.5 Å². The van der Waals surface area contributed by atoms with Crippen LogP contribution in [0.2, 0.25) is 0 Å². The lowest BCUT2D eigenvalue weighted by Gasteiger charge is -2.16. The Morgan fingerprint density at radius 3 is 2.28 bits per heavy atom. The maximum Gasteiger partial charge on any atom is 0.225 e. The highest BCUT2D eigenvalue weighted by Gasteiger charge is 2.27. The number of hydrogen-bond donors (Lipinski definition) is 2. The maximum absolute atomic E-state index is 11.7. The molecule has 6 nitrogen and oxygen atoms in total. The molecule has 6 heteroatoms. The van der Waals surface area contributed by atoms with E-state index in [1.54, 1.807) is 29.2 Å². The van der Waals surface area contributed by atoms with Crippen molar-refractivity contribution >= 4 is 17.5 Å². The fourth-order valence-corrected chi connectivity index (χ4v) is 2.73. The van der Waals surface area contributed by atoms with Crippen LogP contribution in [0.5, 0.6) is 11.5 Å². The molecule has 1 fully saturated rings. The lowest BCUT2D eigenvalue weighted by atomic mass is 10.2. The third kappa shape index (κ3) is 4.58. The van der Waals surface area contributed by atoms with Gasteiger partial charge in [0.25, 0.3) is 0 Å². The number of nitrogens with one attached hydrogen (secondary N) is 1. The number of aliphatic hydroxyl groups is 1. The average molecular weight is 340 g/mol. The van der Waals surface area contributed by atoms with Crippen LogP contribution in [0.25, 0.3) is 0 Å². The van der Waals surface area contributed by atoms with Crippen LogP contribution in [0, 0.1) is 0 Å². The van der Waals surface area contributed by atoms with E-state index in [1.807, 2.05) is 24.3 Å². The number of benzene rings is 2. The van der Waals surface area contributed by atoms with E-state index in [0.717, 1.165) is 5.56 Å². The molecular formula is C19H20N2O4. The fourth-order valence-electron chi connectivity index (χ4n) is 2.73. The van der Waals surface area contributed by atoms with Crippen molar-refractivity contribution in [2.75, 3.05) is 11.9 Å². The molecule has 1 atom stereocenters. The van der Waals surface area contributed by atoms with Crippen molar-refractivity contribution in [2.24, 2.45) is 0 Å². The van der Waals surface area contributed by atoms with Crippen molar-refractivity contribution in [3.8, 4) is 11.5 Å². The number of carbonyl (C=O) groups excluding carboxylic acids is 2. The lowest BCUT2D eigenvalue weighted by Crippen LogP contribution is -2.25. The molecule has 0 saturated carbocycles. The third-order valence-electron chi connectivity index (χ3n) is 3.90. The molecule has 1 aliphatic rings. The zero-order valence-electron chi connectivity index (χ0n) is 13.9. The van der Waals surface area contributed by atoms with Crippen molar-refractivity contribution in [2.45, 2.75) is 26.0 Å². The molecule has 25 heavy (non-hydrogen) atoms. The van der Waals surface area contributed by atoms with Crippen molar-refractivity contribution in [1.29, 1.82) is 0 Å². The van der Waals surface area contributed by atoms with Crippen molar-refractivity contribution in [1.82, 2.24) is 4.90 Å². The second kappa shape index (κ2) is 7.36. The third-order valence-corrected chi connectivity index (χ3v) is 3.90. The SMILES string of the molecule is CC(=O)Nc1ccc(Oc2ccc(CN3CC(O)CC3=O)cc2)cc1. The number of likely N-dealkylation sites (tertiary alicyclic amines) is 1. The summed E-state index contributed by atoms with van der Waals surface area (Å²) in [5.74, 6) is 1.21. The number of amides is 2. The van der Waals surface area contributed by atoms with Crippen LogP contribution >= 0.6 is 0 Å². The Kier molecular flexibility index (Phi) is 5.00. The quantitative estimate of drug-likeness (QED) is 0.877. The van der Waals surface area contributed by atoms with E-state index in [-0.39, 0.29) is 18.2 Å². The summed E-state index contributed by atoms with van der Waals surface area (Å²) < 4.78 is 5.77. The first-order valence-electron chi connectivity index (χ1n) is 8.10. The van der Waals surface area contributed by atoms with Gasteiger partial charge in [0.1, 0.15) is 11.5 Å². The molecule has 130 valence electrons. The molecule has 1 unspecified atom stereocenters. The summed E-state index contributed by atoms with van der Waals surface area (Å²) in [6.07, 6.45) is -0.356. The number of β-amino-alcohol motifs (C(OH)–C–C–N with tert-alkyl or cyclic N) is 1. The van der Waals surface area contributed by atoms with Gasteiger partial charge in [-0.1, -0.05) is 12.1 Å². The van der Waals surface area contributed by atoms with Gasteiger partial charge in [0.05, 0.1) is 12.5 Å². The number of ether oxygens (including phenoxy) is 1. The molecule has 2 aromatic rings. The van der Waals surface area contributed by atoms with Crippen LogP contribution < -0.4 is 10.1 Å².